The van der Waals surface area contributed by atoms with Gasteiger partial charge in [-0.2, -0.15) is 0 Å². The lowest BCUT2D eigenvalue weighted by Gasteiger charge is -2.09. The van der Waals surface area contributed by atoms with E-state index >= 15 is 0 Å². The molecule has 0 atom stereocenters. The molecule has 0 spiro atoms. The van der Waals surface area contributed by atoms with Gasteiger partial charge in [0, 0.05) is 5.69 Å². The summed E-state index contributed by atoms with van der Waals surface area (Å²) in [6.07, 6.45) is 0. The van der Waals surface area contributed by atoms with E-state index in [1.54, 1.807) is 38.3 Å². The van der Waals surface area contributed by atoms with Gasteiger partial charge in [0.15, 0.2) is 5.69 Å². The molecule has 1 amide bonds. The Kier molecular flexibility index (Phi) is 5.45. The van der Waals surface area contributed by atoms with Gasteiger partial charge >= 0.3 is 0 Å². The highest BCUT2D eigenvalue weighted by atomic mass is 16.5. The number of ether oxygens (including phenoxy) is 2. The Hall–Kier alpha value is -3.28. The average Bonchev–Trinajstić information content (AvgIpc) is 3.04. The normalized spacial score (nSPS) is 10.5. The van der Waals surface area contributed by atoms with Gasteiger partial charge in [-0.1, -0.05) is 11.2 Å². The fourth-order valence-corrected chi connectivity index (χ4v) is 2.56. The van der Waals surface area contributed by atoms with Crippen LogP contribution >= 0.6 is 0 Å². The molecule has 6 nitrogen and oxygen atoms in total. The minimum Gasteiger partial charge on any atom is -0.497 e. The minimum absolute atomic E-state index is 0.198. The molecule has 0 radical (unpaired) electrons. The van der Waals surface area contributed by atoms with Crippen LogP contribution in [0.2, 0.25) is 0 Å². The van der Waals surface area contributed by atoms with Crippen molar-refractivity contribution in [2.24, 2.45) is 0 Å². The quantitative estimate of drug-likeness (QED) is 0.698. The zero-order valence-corrected chi connectivity index (χ0v) is 15.8. The van der Waals surface area contributed by atoms with E-state index in [0.29, 0.717) is 22.8 Å². The smallest absolute Gasteiger partial charge is 0.278 e. The highest BCUT2D eigenvalue weighted by Gasteiger charge is 2.20. The molecule has 0 bridgehead atoms. The van der Waals surface area contributed by atoms with E-state index in [-0.39, 0.29) is 18.2 Å². The first kappa shape index (κ1) is 18.5. The molecule has 3 aromatic rings. The van der Waals surface area contributed by atoms with Crippen LogP contribution < -0.4 is 14.8 Å². The number of amides is 1. The van der Waals surface area contributed by atoms with Crippen molar-refractivity contribution in [1.29, 1.82) is 0 Å². The van der Waals surface area contributed by atoms with Gasteiger partial charge in [0.1, 0.15) is 23.9 Å². The lowest BCUT2D eigenvalue weighted by molar-refractivity contribution is 0.101. The topological polar surface area (TPSA) is 73.6 Å². The van der Waals surface area contributed by atoms with Crippen LogP contribution in [0.3, 0.4) is 0 Å². The van der Waals surface area contributed by atoms with Gasteiger partial charge in [0.25, 0.3) is 5.91 Å². The Labute approximate surface area is 158 Å². The predicted octanol–water partition coefficient (Wildman–Crippen LogP) is 4.44. The first-order valence-electron chi connectivity index (χ1n) is 8.58. The molecule has 0 saturated carbocycles. The molecule has 27 heavy (non-hydrogen) atoms. The summed E-state index contributed by atoms with van der Waals surface area (Å²) in [6, 6.07) is 12.9. The molecule has 0 aliphatic carbocycles. The number of anilines is 1. The number of methoxy groups -OCH3 is 1. The molecular formula is C21H22N2O4. The Bertz CT molecular complexity index is 945. The van der Waals surface area contributed by atoms with Crippen LogP contribution in [0.5, 0.6) is 11.5 Å². The SMILES string of the molecule is COc1ccc(NC(=O)c2noc(C)c2COc2ccc(C)c(C)c2)cc1. The lowest BCUT2D eigenvalue weighted by atomic mass is 10.1. The van der Waals surface area contributed by atoms with Crippen molar-refractivity contribution in [2.45, 2.75) is 27.4 Å². The van der Waals surface area contributed by atoms with Crippen molar-refractivity contribution in [3.05, 3.63) is 70.6 Å². The summed E-state index contributed by atoms with van der Waals surface area (Å²) in [7, 11) is 1.59. The van der Waals surface area contributed by atoms with E-state index in [4.69, 9.17) is 14.0 Å². The molecule has 2 aromatic carbocycles. The number of carbonyl (C=O) groups excluding carboxylic acids is 1. The molecule has 0 fully saturated rings. The number of aryl methyl sites for hydroxylation is 3. The van der Waals surface area contributed by atoms with Crippen LogP contribution in [0.15, 0.2) is 47.0 Å². The highest BCUT2D eigenvalue weighted by Crippen LogP contribution is 2.22. The summed E-state index contributed by atoms with van der Waals surface area (Å²) in [4.78, 5) is 12.6. The summed E-state index contributed by atoms with van der Waals surface area (Å²) < 4.78 is 16.2. The van der Waals surface area contributed by atoms with Crippen molar-refractivity contribution >= 4 is 11.6 Å². The van der Waals surface area contributed by atoms with Gasteiger partial charge in [-0.25, -0.2) is 0 Å². The number of carbonyl (C=O) groups is 1. The monoisotopic (exact) mass is 366 g/mol. The molecular weight excluding hydrogens is 344 g/mol. The second-order valence-corrected chi connectivity index (χ2v) is 6.28. The third-order valence-corrected chi connectivity index (χ3v) is 4.41. The number of aromatic nitrogens is 1. The van der Waals surface area contributed by atoms with E-state index in [1.807, 2.05) is 32.0 Å². The second-order valence-electron chi connectivity index (χ2n) is 6.28. The summed E-state index contributed by atoms with van der Waals surface area (Å²) in [5, 5.41) is 6.70. The number of hydrogen-bond donors (Lipinski definition) is 1. The Morgan fingerprint density at radius 3 is 2.41 bits per heavy atom. The molecule has 1 N–H and O–H groups in total. The van der Waals surface area contributed by atoms with Crippen LogP contribution in [0.25, 0.3) is 0 Å². The van der Waals surface area contributed by atoms with Crippen LogP contribution in [0, 0.1) is 20.8 Å². The van der Waals surface area contributed by atoms with Gasteiger partial charge in [-0.05, 0) is 68.3 Å². The second kappa shape index (κ2) is 7.95. The van der Waals surface area contributed by atoms with Gasteiger partial charge in [-0.15, -0.1) is 0 Å². The Morgan fingerprint density at radius 2 is 1.74 bits per heavy atom. The van der Waals surface area contributed by atoms with E-state index in [1.165, 1.54) is 5.56 Å². The molecule has 0 aliphatic heterocycles. The standard InChI is InChI=1S/C21H22N2O4/c1-13-5-8-18(11-14(13)2)26-12-19-15(3)27-23-20(19)21(24)22-16-6-9-17(25-4)10-7-16/h5-11H,12H2,1-4H3,(H,22,24). The Balaban J connectivity index is 1.72. The molecule has 3 rings (SSSR count). The maximum absolute atomic E-state index is 12.6. The average molecular weight is 366 g/mol. The third kappa shape index (κ3) is 4.28. The molecule has 140 valence electrons. The maximum atomic E-state index is 12.6. The van der Waals surface area contributed by atoms with E-state index in [9.17, 15) is 4.79 Å². The van der Waals surface area contributed by atoms with E-state index < -0.39 is 0 Å². The zero-order valence-electron chi connectivity index (χ0n) is 15.8. The summed E-state index contributed by atoms with van der Waals surface area (Å²) >= 11 is 0. The van der Waals surface area contributed by atoms with Crippen LogP contribution in [0.1, 0.15) is 32.9 Å². The first-order chi connectivity index (χ1) is 13.0. The van der Waals surface area contributed by atoms with Crippen molar-refractivity contribution in [2.75, 3.05) is 12.4 Å². The summed E-state index contributed by atoms with van der Waals surface area (Å²) in [5.74, 6) is 1.65. The van der Waals surface area contributed by atoms with Gasteiger partial charge in [0.05, 0.1) is 12.7 Å². The van der Waals surface area contributed by atoms with Crippen LogP contribution in [-0.2, 0) is 6.61 Å². The summed E-state index contributed by atoms with van der Waals surface area (Å²) in [6.45, 7) is 6.03. The molecule has 6 heteroatoms. The number of hydrogen-bond acceptors (Lipinski definition) is 5. The summed E-state index contributed by atoms with van der Waals surface area (Å²) in [5.41, 5.74) is 3.82. The molecule has 1 heterocycles. The highest BCUT2D eigenvalue weighted by molar-refractivity contribution is 6.03. The van der Waals surface area contributed by atoms with Crippen molar-refractivity contribution in [3.8, 4) is 11.5 Å². The lowest BCUT2D eigenvalue weighted by Crippen LogP contribution is -2.15. The maximum Gasteiger partial charge on any atom is 0.278 e. The fraction of sp³-hybridized carbons (Fsp3) is 0.238. The predicted molar refractivity (Wildman–Crippen MR) is 102 cm³/mol. The third-order valence-electron chi connectivity index (χ3n) is 4.41. The number of nitrogens with zero attached hydrogens (tertiary/aromatic N) is 1. The Morgan fingerprint density at radius 1 is 1.04 bits per heavy atom. The van der Waals surface area contributed by atoms with Gasteiger partial charge in [0.2, 0.25) is 0 Å². The zero-order chi connectivity index (χ0) is 19.4. The van der Waals surface area contributed by atoms with Gasteiger partial charge in [-0.3, -0.25) is 4.79 Å². The van der Waals surface area contributed by atoms with Crippen LogP contribution in [0.4, 0.5) is 5.69 Å². The minimum atomic E-state index is -0.351. The largest absolute Gasteiger partial charge is 0.497 e. The number of rotatable bonds is 6. The first-order valence-corrected chi connectivity index (χ1v) is 8.58. The van der Waals surface area contributed by atoms with Crippen molar-refractivity contribution in [1.82, 2.24) is 5.16 Å². The molecule has 0 saturated heterocycles. The molecule has 1 aromatic heterocycles. The van der Waals surface area contributed by atoms with Crippen molar-refractivity contribution in [3.63, 3.8) is 0 Å². The fourth-order valence-electron chi connectivity index (χ4n) is 2.56. The van der Waals surface area contributed by atoms with Gasteiger partial charge < -0.3 is 19.3 Å². The van der Waals surface area contributed by atoms with Crippen molar-refractivity contribution < 1.29 is 18.8 Å². The molecule has 0 unspecified atom stereocenters. The van der Waals surface area contributed by atoms with Crippen LogP contribution in [-0.4, -0.2) is 18.2 Å². The van der Waals surface area contributed by atoms with E-state index in [0.717, 1.165) is 11.3 Å². The van der Waals surface area contributed by atoms with E-state index in [2.05, 4.69) is 10.5 Å². The molecule has 0 aliphatic rings. The number of nitrogens with one attached hydrogen (secondary N) is 1. The number of benzene rings is 2.